The third-order valence-electron chi connectivity index (χ3n) is 3.16. The van der Waals surface area contributed by atoms with Gasteiger partial charge in [-0.15, -0.1) is 0 Å². The summed E-state index contributed by atoms with van der Waals surface area (Å²) < 4.78 is 0. The fraction of sp³-hybridized carbons (Fsp3) is 0.176. The number of aryl methyl sites for hydroxylation is 1. The summed E-state index contributed by atoms with van der Waals surface area (Å²) in [6.07, 6.45) is 0.339. The number of nitriles is 1. The number of anilines is 2. The summed E-state index contributed by atoms with van der Waals surface area (Å²) in [6.45, 7) is 2.50. The van der Waals surface area contributed by atoms with E-state index in [0.29, 0.717) is 29.2 Å². The highest BCUT2D eigenvalue weighted by molar-refractivity contribution is 6.30. The third-order valence-corrected chi connectivity index (χ3v) is 3.40. The van der Waals surface area contributed by atoms with Gasteiger partial charge in [0.25, 0.3) is 0 Å². The van der Waals surface area contributed by atoms with Crippen LogP contribution in [0.3, 0.4) is 0 Å². The van der Waals surface area contributed by atoms with Gasteiger partial charge in [-0.2, -0.15) is 5.26 Å². The van der Waals surface area contributed by atoms with Gasteiger partial charge in [0.2, 0.25) is 5.91 Å². The molecule has 0 spiro atoms. The quantitative estimate of drug-likeness (QED) is 0.878. The Hall–Kier alpha value is -2.51. The van der Waals surface area contributed by atoms with Gasteiger partial charge in [-0.25, -0.2) is 0 Å². The molecule has 0 aliphatic rings. The Kier molecular flexibility index (Phi) is 5.40. The molecule has 5 heteroatoms. The van der Waals surface area contributed by atoms with Crippen LogP contribution in [-0.2, 0) is 4.79 Å². The summed E-state index contributed by atoms with van der Waals surface area (Å²) in [7, 11) is 0. The highest BCUT2D eigenvalue weighted by Crippen LogP contribution is 2.20. The van der Waals surface area contributed by atoms with E-state index in [0.717, 1.165) is 11.3 Å². The van der Waals surface area contributed by atoms with Crippen molar-refractivity contribution in [3.05, 3.63) is 58.6 Å². The first-order chi connectivity index (χ1) is 10.6. The Morgan fingerprint density at radius 3 is 2.64 bits per heavy atom. The predicted octanol–water partition coefficient (Wildman–Crippen LogP) is 3.96. The van der Waals surface area contributed by atoms with Crippen molar-refractivity contribution in [3.8, 4) is 6.07 Å². The zero-order valence-corrected chi connectivity index (χ0v) is 12.9. The van der Waals surface area contributed by atoms with Crippen LogP contribution in [0.25, 0.3) is 0 Å². The number of carbonyl (C=O) groups is 1. The number of nitrogens with one attached hydrogen (secondary N) is 2. The molecule has 0 aliphatic carbocycles. The first kappa shape index (κ1) is 15.9. The van der Waals surface area contributed by atoms with Crippen molar-refractivity contribution >= 4 is 28.9 Å². The maximum atomic E-state index is 11.9. The lowest BCUT2D eigenvalue weighted by atomic mass is 10.2. The standard InChI is InChI=1S/C17H16ClN3O/c1-12-2-5-14(18)10-16(12)20-9-8-17(22)21-15-6-3-13(11-19)4-7-15/h2-7,10,20H,8-9H2,1H3,(H,21,22). The number of nitrogens with zero attached hydrogens (tertiary/aromatic N) is 1. The largest absolute Gasteiger partial charge is 0.384 e. The summed E-state index contributed by atoms with van der Waals surface area (Å²) >= 11 is 5.95. The second-order valence-electron chi connectivity index (χ2n) is 4.87. The van der Waals surface area contributed by atoms with Gasteiger partial charge in [0.1, 0.15) is 0 Å². The molecule has 22 heavy (non-hydrogen) atoms. The molecule has 0 radical (unpaired) electrons. The zero-order chi connectivity index (χ0) is 15.9. The molecular weight excluding hydrogens is 298 g/mol. The van der Waals surface area contributed by atoms with E-state index in [1.54, 1.807) is 24.3 Å². The van der Waals surface area contributed by atoms with Crippen molar-refractivity contribution in [1.82, 2.24) is 0 Å². The lowest BCUT2D eigenvalue weighted by molar-refractivity contribution is -0.115. The molecule has 0 saturated carbocycles. The summed E-state index contributed by atoms with van der Waals surface area (Å²) in [5, 5.41) is 15.4. The van der Waals surface area contributed by atoms with E-state index >= 15 is 0 Å². The van der Waals surface area contributed by atoms with Crippen molar-refractivity contribution in [2.24, 2.45) is 0 Å². The van der Waals surface area contributed by atoms with Gasteiger partial charge in [-0.05, 0) is 48.9 Å². The first-order valence-corrected chi connectivity index (χ1v) is 7.26. The molecule has 0 saturated heterocycles. The second-order valence-corrected chi connectivity index (χ2v) is 5.31. The molecular formula is C17H16ClN3O. The van der Waals surface area contributed by atoms with E-state index in [9.17, 15) is 4.79 Å². The fourth-order valence-electron chi connectivity index (χ4n) is 1.95. The topological polar surface area (TPSA) is 64.9 Å². The maximum absolute atomic E-state index is 11.9. The van der Waals surface area contributed by atoms with E-state index in [2.05, 4.69) is 10.6 Å². The fourth-order valence-corrected chi connectivity index (χ4v) is 2.12. The molecule has 0 fully saturated rings. The average molecular weight is 314 g/mol. The van der Waals surface area contributed by atoms with Gasteiger partial charge < -0.3 is 10.6 Å². The van der Waals surface area contributed by atoms with Crippen LogP contribution in [-0.4, -0.2) is 12.5 Å². The van der Waals surface area contributed by atoms with Crippen LogP contribution in [0.5, 0.6) is 0 Å². The van der Waals surface area contributed by atoms with Crippen LogP contribution in [0.1, 0.15) is 17.5 Å². The molecule has 2 aromatic carbocycles. The Morgan fingerprint density at radius 1 is 1.23 bits per heavy atom. The minimum Gasteiger partial charge on any atom is -0.384 e. The van der Waals surface area contributed by atoms with Gasteiger partial charge in [-0.3, -0.25) is 4.79 Å². The third kappa shape index (κ3) is 4.51. The molecule has 112 valence electrons. The average Bonchev–Trinajstić information content (AvgIpc) is 2.51. The molecule has 0 heterocycles. The van der Waals surface area contributed by atoms with Crippen LogP contribution in [0, 0.1) is 18.3 Å². The van der Waals surface area contributed by atoms with Crippen LogP contribution in [0.2, 0.25) is 5.02 Å². The molecule has 0 bridgehead atoms. The summed E-state index contributed by atoms with van der Waals surface area (Å²) in [6, 6.07) is 14.4. The Morgan fingerprint density at radius 2 is 1.95 bits per heavy atom. The number of carbonyl (C=O) groups excluding carboxylic acids is 1. The smallest absolute Gasteiger partial charge is 0.226 e. The van der Waals surface area contributed by atoms with Crippen molar-refractivity contribution in [1.29, 1.82) is 5.26 Å². The zero-order valence-electron chi connectivity index (χ0n) is 12.2. The van der Waals surface area contributed by atoms with Crippen molar-refractivity contribution in [2.75, 3.05) is 17.2 Å². The molecule has 4 nitrogen and oxygen atoms in total. The van der Waals surface area contributed by atoms with Crippen LogP contribution < -0.4 is 10.6 Å². The number of benzene rings is 2. The van der Waals surface area contributed by atoms with Crippen molar-refractivity contribution in [2.45, 2.75) is 13.3 Å². The highest BCUT2D eigenvalue weighted by Gasteiger charge is 2.04. The van der Waals surface area contributed by atoms with E-state index in [4.69, 9.17) is 16.9 Å². The molecule has 2 aromatic rings. The molecule has 2 N–H and O–H groups in total. The summed E-state index contributed by atoms with van der Waals surface area (Å²) in [5.41, 5.74) is 3.26. The first-order valence-electron chi connectivity index (χ1n) is 6.88. The van der Waals surface area contributed by atoms with Crippen LogP contribution in [0.4, 0.5) is 11.4 Å². The Bertz CT molecular complexity index is 705. The minimum atomic E-state index is -0.0862. The SMILES string of the molecule is Cc1ccc(Cl)cc1NCCC(=O)Nc1ccc(C#N)cc1. The normalized spacial score (nSPS) is 9.86. The molecule has 0 aromatic heterocycles. The van der Waals surface area contributed by atoms with E-state index in [1.807, 2.05) is 31.2 Å². The van der Waals surface area contributed by atoms with Crippen molar-refractivity contribution in [3.63, 3.8) is 0 Å². The van der Waals surface area contributed by atoms with E-state index in [1.165, 1.54) is 0 Å². The van der Waals surface area contributed by atoms with Crippen LogP contribution in [0.15, 0.2) is 42.5 Å². The molecule has 0 unspecified atom stereocenters. The number of rotatable bonds is 5. The van der Waals surface area contributed by atoms with Gasteiger partial charge in [0.05, 0.1) is 11.6 Å². The monoisotopic (exact) mass is 313 g/mol. The van der Waals surface area contributed by atoms with Gasteiger partial charge in [-0.1, -0.05) is 17.7 Å². The highest BCUT2D eigenvalue weighted by atomic mass is 35.5. The number of amides is 1. The van der Waals surface area contributed by atoms with Crippen LogP contribution >= 0.6 is 11.6 Å². The molecule has 0 atom stereocenters. The lowest BCUT2D eigenvalue weighted by Crippen LogP contribution is -2.16. The van der Waals surface area contributed by atoms with Gasteiger partial charge in [0, 0.05) is 29.4 Å². The Labute approximate surface area is 134 Å². The van der Waals surface area contributed by atoms with Gasteiger partial charge >= 0.3 is 0 Å². The second kappa shape index (κ2) is 7.48. The van der Waals surface area contributed by atoms with Gasteiger partial charge in [0.15, 0.2) is 0 Å². The summed E-state index contributed by atoms with van der Waals surface area (Å²) in [4.78, 5) is 11.9. The molecule has 1 amide bonds. The Balaban J connectivity index is 1.82. The number of hydrogen-bond acceptors (Lipinski definition) is 3. The van der Waals surface area contributed by atoms with E-state index < -0.39 is 0 Å². The lowest BCUT2D eigenvalue weighted by Gasteiger charge is -2.10. The van der Waals surface area contributed by atoms with Crippen molar-refractivity contribution < 1.29 is 4.79 Å². The molecule has 2 rings (SSSR count). The predicted molar refractivity (Wildman–Crippen MR) is 89.1 cm³/mol. The van der Waals surface area contributed by atoms with E-state index in [-0.39, 0.29) is 5.91 Å². The number of halogens is 1. The number of hydrogen-bond donors (Lipinski definition) is 2. The molecule has 0 aliphatic heterocycles. The minimum absolute atomic E-state index is 0.0862. The summed E-state index contributed by atoms with van der Waals surface area (Å²) in [5.74, 6) is -0.0862. The maximum Gasteiger partial charge on any atom is 0.226 e.